The number of para-hydroxylation sites is 2. The van der Waals surface area contributed by atoms with Crippen LogP contribution in [0.3, 0.4) is 0 Å². The third kappa shape index (κ3) is 3.90. The fraction of sp³-hybridized carbons (Fsp3) is 0.500. The van der Waals surface area contributed by atoms with Gasteiger partial charge in [-0.15, -0.1) is 0 Å². The molecule has 140 valence electrons. The molecule has 3 rings (SSSR count). The normalized spacial score (nSPS) is 21.0. The fourth-order valence-corrected chi connectivity index (χ4v) is 3.87. The van der Waals surface area contributed by atoms with E-state index in [4.69, 9.17) is 22.1 Å². The maximum Gasteiger partial charge on any atom is 0.308 e. The van der Waals surface area contributed by atoms with Crippen molar-refractivity contribution in [1.29, 1.82) is 0 Å². The molecule has 2 N–H and O–H groups in total. The number of hydrogen-bond donors (Lipinski definition) is 2. The summed E-state index contributed by atoms with van der Waals surface area (Å²) in [5.74, 6) is -0.785. The molecule has 0 aromatic heterocycles. The predicted octanol–water partition coefficient (Wildman–Crippen LogP) is 1.79. The fourth-order valence-electron chi connectivity index (χ4n) is 3.57. The number of rotatable bonds is 4. The van der Waals surface area contributed by atoms with Crippen molar-refractivity contribution in [2.45, 2.75) is 25.3 Å². The van der Waals surface area contributed by atoms with Crippen LogP contribution in [-0.2, 0) is 9.59 Å². The van der Waals surface area contributed by atoms with Gasteiger partial charge >= 0.3 is 5.97 Å². The summed E-state index contributed by atoms with van der Waals surface area (Å²) in [6.45, 7) is 1.78. The van der Waals surface area contributed by atoms with Crippen LogP contribution in [0.15, 0.2) is 24.3 Å². The molecule has 0 saturated carbocycles. The minimum Gasteiger partial charge on any atom is -0.495 e. The number of carbonyl (C=O) groups is 2. The molecule has 0 aliphatic carbocycles. The zero-order chi connectivity index (χ0) is 18.7. The lowest BCUT2D eigenvalue weighted by Gasteiger charge is -2.38. The summed E-state index contributed by atoms with van der Waals surface area (Å²) >= 11 is 5.51. The van der Waals surface area contributed by atoms with E-state index in [-0.39, 0.29) is 18.4 Å². The quantitative estimate of drug-likeness (QED) is 0.774. The van der Waals surface area contributed by atoms with Crippen molar-refractivity contribution < 1.29 is 19.4 Å². The first kappa shape index (κ1) is 18.4. The van der Waals surface area contributed by atoms with Gasteiger partial charge in [-0.05, 0) is 37.2 Å². The van der Waals surface area contributed by atoms with E-state index in [1.54, 1.807) is 12.0 Å². The van der Waals surface area contributed by atoms with Crippen LogP contribution in [0.1, 0.15) is 19.3 Å². The number of hydrogen-bond acceptors (Lipinski definition) is 4. The number of nitrogens with zero attached hydrogens (tertiary/aromatic N) is 2. The predicted molar refractivity (Wildman–Crippen MR) is 101 cm³/mol. The van der Waals surface area contributed by atoms with Gasteiger partial charge in [0.25, 0.3) is 0 Å². The number of anilines is 1. The number of amides is 1. The molecule has 1 aromatic carbocycles. The van der Waals surface area contributed by atoms with Crippen molar-refractivity contribution in [3.8, 4) is 5.75 Å². The van der Waals surface area contributed by atoms with E-state index >= 15 is 0 Å². The van der Waals surface area contributed by atoms with E-state index < -0.39 is 11.9 Å². The highest BCUT2D eigenvalue weighted by atomic mass is 32.1. The molecule has 0 spiro atoms. The van der Waals surface area contributed by atoms with Crippen LogP contribution in [0.4, 0.5) is 5.69 Å². The molecule has 1 atom stereocenters. The van der Waals surface area contributed by atoms with Gasteiger partial charge in [0.2, 0.25) is 5.91 Å². The Morgan fingerprint density at radius 3 is 2.62 bits per heavy atom. The van der Waals surface area contributed by atoms with Crippen molar-refractivity contribution in [2.75, 3.05) is 32.1 Å². The molecular formula is C18H23N3O4S. The number of aliphatic carboxylic acids is 1. The second-order valence-corrected chi connectivity index (χ2v) is 7.02. The van der Waals surface area contributed by atoms with E-state index in [9.17, 15) is 9.59 Å². The summed E-state index contributed by atoms with van der Waals surface area (Å²) in [6, 6.07) is 7.69. The van der Waals surface area contributed by atoms with Crippen molar-refractivity contribution in [1.82, 2.24) is 9.80 Å². The molecule has 8 heteroatoms. The standard InChI is InChI=1S/C18H23N3O4S/c1-25-15-5-3-2-4-14(15)19-18(26)20-8-6-13(7-9-20)21-11-12(17(23)24)10-16(21)22/h2-5,12-13H,6-11H2,1H3,(H,19,26)(H,23,24). The molecule has 2 aliphatic rings. The third-order valence-corrected chi connectivity index (χ3v) is 5.41. The average Bonchev–Trinajstić information content (AvgIpc) is 3.04. The Labute approximate surface area is 157 Å². The Bertz CT molecular complexity index is 703. The maximum absolute atomic E-state index is 12.1. The highest BCUT2D eigenvalue weighted by Crippen LogP contribution is 2.27. The largest absolute Gasteiger partial charge is 0.495 e. The summed E-state index contributed by atoms with van der Waals surface area (Å²) in [6.07, 6.45) is 1.68. The van der Waals surface area contributed by atoms with Crippen molar-refractivity contribution in [3.63, 3.8) is 0 Å². The topological polar surface area (TPSA) is 82.1 Å². The zero-order valence-corrected chi connectivity index (χ0v) is 15.5. The van der Waals surface area contributed by atoms with Crippen LogP contribution in [0, 0.1) is 5.92 Å². The average molecular weight is 377 g/mol. The molecule has 2 fully saturated rings. The maximum atomic E-state index is 12.1. The van der Waals surface area contributed by atoms with Crippen molar-refractivity contribution >= 4 is 34.9 Å². The summed E-state index contributed by atoms with van der Waals surface area (Å²) in [5.41, 5.74) is 0.821. The minimum absolute atomic E-state index is 0.0504. The van der Waals surface area contributed by atoms with Gasteiger partial charge in [-0.3, -0.25) is 9.59 Å². The first-order chi connectivity index (χ1) is 12.5. The lowest BCUT2D eigenvalue weighted by molar-refractivity contribution is -0.141. The summed E-state index contributed by atoms with van der Waals surface area (Å²) in [7, 11) is 1.62. The molecule has 2 heterocycles. The number of benzene rings is 1. The van der Waals surface area contributed by atoms with Gasteiger partial charge in [0.15, 0.2) is 5.11 Å². The number of ether oxygens (including phenoxy) is 1. The van der Waals surface area contributed by atoms with E-state index in [2.05, 4.69) is 10.2 Å². The Balaban J connectivity index is 1.54. The molecule has 0 bridgehead atoms. The molecule has 2 saturated heterocycles. The van der Waals surface area contributed by atoms with Crippen LogP contribution in [-0.4, -0.2) is 64.7 Å². The number of carboxylic acid groups (broad SMARTS) is 1. The first-order valence-electron chi connectivity index (χ1n) is 8.71. The third-order valence-electron chi connectivity index (χ3n) is 5.05. The van der Waals surface area contributed by atoms with Gasteiger partial charge in [-0.2, -0.15) is 0 Å². The number of piperidine rings is 1. The zero-order valence-electron chi connectivity index (χ0n) is 14.7. The van der Waals surface area contributed by atoms with Gasteiger partial charge < -0.3 is 25.0 Å². The second-order valence-electron chi connectivity index (χ2n) is 6.63. The molecule has 7 nitrogen and oxygen atoms in total. The number of methoxy groups -OCH3 is 1. The second kappa shape index (κ2) is 7.90. The smallest absolute Gasteiger partial charge is 0.308 e. The number of nitrogens with one attached hydrogen (secondary N) is 1. The van der Waals surface area contributed by atoms with Crippen molar-refractivity contribution in [2.24, 2.45) is 5.92 Å². The Morgan fingerprint density at radius 1 is 1.31 bits per heavy atom. The highest BCUT2D eigenvalue weighted by molar-refractivity contribution is 7.80. The van der Waals surface area contributed by atoms with Crippen LogP contribution < -0.4 is 10.1 Å². The number of carboxylic acids is 1. The van der Waals surface area contributed by atoms with Gasteiger partial charge in [0.05, 0.1) is 18.7 Å². The first-order valence-corrected chi connectivity index (χ1v) is 9.11. The van der Waals surface area contributed by atoms with Gasteiger partial charge in [-0.1, -0.05) is 12.1 Å². The molecule has 1 aromatic rings. The van der Waals surface area contributed by atoms with Crippen LogP contribution in [0.5, 0.6) is 5.75 Å². The van der Waals surface area contributed by atoms with E-state index in [1.807, 2.05) is 24.3 Å². The number of carbonyl (C=O) groups excluding carboxylic acids is 1. The molecule has 26 heavy (non-hydrogen) atoms. The summed E-state index contributed by atoms with van der Waals surface area (Å²) in [5, 5.41) is 13.0. The Hall–Kier alpha value is -2.35. The van der Waals surface area contributed by atoms with Crippen LogP contribution in [0.25, 0.3) is 0 Å². The van der Waals surface area contributed by atoms with Crippen LogP contribution >= 0.6 is 12.2 Å². The highest BCUT2D eigenvalue weighted by Gasteiger charge is 2.39. The number of likely N-dealkylation sites (tertiary alicyclic amines) is 2. The van der Waals surface area contributed by atoms with E-state index in [0.29, 0.717) is 11.7 Å². The monoisotopic (exact) mass is 377 g/mol. The van der Waals surface area contributed by atoms with Gasteiger partial charge in [0, 0.05) is 32.1 Å². The van der Waals surface area contributed by atoms with Gasteiger partial charge in [-0.25, -0.2) is 0 Å². The van der Waals surface area contributed by atoms with E-state index in [1.165, 1.54) is 0 Å². The lowest BCUT2D eigenvalue weighted by Crippen LogP contribution is -2.48. The molecule has 1 unspecified atom stereocenters. The minimum atomic E-state index is -0.888. The molecule has 1 amide bonds. The summed E-state index contributed by atoms with van der Waals surface area (Å²) in [4.78, 5) is 27.1. The lowest BCUT2D eigenvalue weighted by atomic mass is 10.0. The number of thiocarbonyl (C=S) groups is 1. The molecule has 0 radical (unpaired) electrons. The Kier molecular flexibility index (Phi) is 5.61. The summed E-state index contributed by atoms with van der Waals surface area (Å²) < 4.78 is 5.33. The Morgan fingerprint density at radius 2 is 2.00 bits per heavy atom. The van der Waals surface area contributed by atoms with E-state index in [0.717, 1.165) is 37.4 Å². The molecular weight excluding hydrogens is 354 g/mol. The van der Waals surface area contributed by atoms with Crippen LogP contribution in [0.2, 0.25) is 0 Å². The van der Waals surface area contributed by atoms with Gasteiger partial charge in [0.1, 0.15) is 5.75 Å². The van der Waals surface area contributed by atoms with Crippen molar-refractivity contribution in [3.05, 3.63) is 24.3 Å². The molecule has 2 aliphatic heterocycles. The SMILES string of the molecule is COc1ccccc1NC(=S)N1CCC(N2CC(C(=O)O)CC2=O)CC1.